The fourth-order valence-corrected chi connectivity index (χ4v) is 3.56. The first kappa shape index (κ1) is 27.7. The van der Waals surface area contributed by atoms with Crippen LogP contribution in [-0.4, -0.2) is 55.5 Å². The number of anilines is 1. The molecule has 1 aliphatic heterocycles. The van der Waals surface area contributed by atoms with Gasteiger partial charge in [-0.3, -0.25) is 19.3 Å². The average Bonchev–Trinajstić information content (AvgIpc) is 2.85. The number of amides is 2. The van der Waals surface area contributed by atoms with E-state index in [9.17, 15) is 49.5 Å². The van der Waals surface area contributed by atoms with E-state index in [1.807, 2.05) is 0 Å². The van der Waals surface area contributed by atoms with Crippen molar-refractivity contribution in [1.29, 1.82) is 0 Å². The highest BCUT2D eigenvalue weighted by Crippen LogP contribution is 2.45. The summed E-state index contributed by atoms with van der Waals surface area (Å²) in [6.07, 6.45) is -4.92. The van der Waals surface area contributed by atoms with Gasteiger partial charge in [-0.25, -0.2) is 26.3 Å². The molecule has 37 heavy (non-hydrogen) atoms. The molecule has 2 amide bonds. The minimum atomic E-state index is -4.62. The number of halogens is 8. The number of hydrogen-bond acceptors (Lipinski definition) is 5. The van der Waals surface area contributed by atoms with E-state index in [1.54, 1.807) is 0 Å². The standard InChI is InChI=1S/C22H16F8N2O5/c1-8(20(34)31(2)5-4-13(33)36-3)32-11-6-9(10(23)7-12(11)37-22(29,30)21(32)35)14-15(24)17(26)19(28)18(27)16(14)25/h6-8H,4-5H2,1-3H3/t8-/m0/s1. The quantitative estimate of drug-likeness (QED) is 0.241. The third kappa shape index (κ3) is 4.76. The molecule has 3 rings (SSSR count). The van der Waals surface area contributed by atoms with Crippen molar-refractivity contribution in [2.45, 2.75) is 25.5 Å². The molecular weight excluding hydrogens is 524 g/mol. The molecule has 1 aliphatic rings. The van der Waals surface area contributed by atoms with Gasteiger partial charge in [0.1, 0.15) is 11.9 Å². The van der Waals surface area contributed by atoms with Crippen molar-refractivity contribution >= 4 is 23.5 Å². The second kappa shape index (κ2) is 9.86. The van der Waals surface area contributed by atoms with Gasteiger partial charge in [-0.05, 0) is 13.0 Å². The van der Waals surface area contributed by atoms with Crippen molar-refractivity contribution in [2.75, 3.05) is 25.6 Å². The molecule has 15 heteroatoms. The van der Waals surface area contributed by atoms with Gasteiger partial charge in [-0.15, -0.1) is 0 Å². The lowest BCUT2D eigenvalue weighted by Crippen LogP contribution is -2.57. The van der Waals surface area contributed by atoms with Crippen molar-refractivity contribution in [3.05, 3.63) is 47.0 Å². The van der Waals surface area contributed by atoms with Gasteiger partial charge in [0.15, 0.2) is 29.0 Å². The van der Waals surface area contributed by atoms with E-state index in [2.05, 4.69) is 9.47 Å². The number of carbonyl (C=O) groups excluding carboxylic acids is 3. The minimum Gasteiger partial charge on any atom is -0.469 e. The van der Waals surface area contributed by atoms with Crippen LogP contribution < -0.4 is 9.64 Å². The zero-order valence-corrected chi connectivity index (χ0v) is 19.1. The molecule has 0 fully saturated rings. The first-order valence-electron chi connectivity index (χ1n) is 10.2. The molecule has 0 radical (unpaired) electrons. The van der Waals surface area contributed by atoms with E-state index >= 15 is 0 Å². The monoisotopic (exact) mass is 540 g/mol. The molecule has 0 saturated carbocycles. The number of benzene rings is 2. The van der Waals surface area contributed by atoms with E-state index in [0.29, 0.717) is 6.07 Å². The second-order valence-corrected chi connectivity index (χ2v) is 7.80. The summed E-state index contributed by atoms with van der Waals surface area (Å²) in [5.41, 5.74) is -3.86. The number of hydrogen-bond donors (Lipinski definition) is 0. The molecule has 0 aliphatic carbocycles. The average molecular weight is 540 g/mol. The van der Waals surface area contributed by atoms with Gasteiger partial charge in [-0.1, -0.05) is 0 Å². The number of carbonyl (C=O) groups is 3. The molecule has 2 aromatic rings. The lowest BCUT2D eigenvalue weighted by atomic mass is 10.00. The van der Waals surface area contributed by atoms with Gasteiger partial charge in [0.25, 0.3) is 0 Å². The van der Waals surface area contributed by atoms with Crippen LogP contribution in [0.15, 0.2) is 12.1 Å². The lowest BCUT2D eigenvalue weighted by Gasteiger charge is -2.38. The number of methoxy groups -OCH3 is 1. The van der Waals surface area contributed by atoms with Gasteiger partial charge in [0.05, 0.1) is 24.8 Å². The van der Waals surface area contributed by atoms with E-state index in [-0.39, 0.29) is 23.9 Å². The fraction of sp³-hybridized carbons (Fsp3) is 0.318. The van der Waals surface area contributed by atoms with Crippen molar-refractivity contribution in [3.63, 3.8) is 0 Å². The topological polar surface area (TPSA) is 76.2 Å². The number of ether oxygens (including phenoxy) is 2. The van der Waals surface area contributed by atoms with Crippen molar-refractivity contribution < 1.29 is 59.0 Å². The van der Waals surface area contributed by atoms with Crippen LogP contribution in [0, 0.1) is 34.9 Å². The minimum absolute atomic E-state index is 0.130. The summed E-state index contributed by atoms with van der Waals surface area (Å²) in [6.45, 7) is 0.707. The van der Waals surface area contributed by atoms with E-state index < -0.39 is 87.4 Å². The SMILES string of the molecule is COC(=O)CCN(C)C(=O)[C@H](C)N1C(=O)C(F)(F)Oc2cc(F)c(-c3c(F)c(F)c(F)c(F)c3F)cc21. The third-order valence-corrected chi connectivity index (χ3v) is 5.49. The highest BCUT2D eigenvalue weighted by molar-refractivity contribution is 6.06. The zero-order valence-electron chi connectivity index (χ0n) is 19.1. The van der Waals surface area contributed by atoms with Crippen LogP contribution in [0.1, 0.15) is 13.3 Å². The van der Waals surface area contributed by atoms with E-state index in [1.165, 1.54) is 0 Å². The Kier molecular flexibility index (Phi) is 7.37. The maximum atomic E-state index is 14.7. The Morgan fingerprint density at radius 1 is 1.03 bits per heavy atom. The first-order valence-corrected chi connectivity index (χ1v) is 10.2. The summed E-state index contributed by atoms with van der Waals surface area (Å²) in [4.78, 5) is 37.7. The summed E-state index contributed by atoms with van der Waals surface area (Å²) >= 11 is 0. The maximum absolute atomic E-state index is 14.7. The Balaban J connectivity index is 2.16. The fourth-order valence-electron chi connectivity index (χ4n) is 3.56. The Bertz CT molecular complexity index is 1270. The summed E-state index contributed by atoms with van der Waals surface area (Å²) in [6, 6.07) is -1.30. The summed E-state index contributed by atoms with van der Waals surface area (Å²) in [5.74, 6) is -18.9. The van der Waals surface area contributed by atoms with Gasteiger partial charge < -0.3 is 14.4 Å². The number of rotatable bonds is 6. The van der Waals surface area contributed by atoms with Crippen LogP contribution in [0.4, 0.5) is 40.8 Å². The largest absolute Gasteiger partial charge is 0.483 e. The molecule has 0 unspecified atom stereocenters. The Labute approximate surface area is 203 Å². The van der Waals surface area contributed by atoms with Gasteiger partial charge in [-0.2, -0.15) is 8.78 Å². The van der Waals surface area contributed by atoms with Crippen molar-refractivity contribution in [3.8, 4) is 16.9 Å². The number of fused-ring (bicyclic) bond motifs is 1. The molecule has 0 spiro atoms. The predicted octanol–water partition coefficient (Wildman–Crippen LogP) is 3.92. The number of alkyl halides is 2. The zero-order chi connectivity index (χ0) is 28.0. The highest BCUT2D eigenvalue weighted by atomic mass is 19.3. The Morgan fingerprint density at radius 3 is 2.11 bits per heavy atom. The molecule has 2 aromatic carbocycles. The molecule has 0 bridgehead atoms. The lowest BCUT2D eigenvalue weighted by molar-refractivity contribution is -0.193. The van der Waals surface area contributed by atoms with Crippen LogP contribution >= 0.6 is 0 Å². The van der Waals surface area contributed by atoms with Crippen LogP contribution in [0.2, 0.25) is 0 Å². The molecule has 1 heterocycles. The molecule has 0 N–H and O–H groups in total. The number of esters is 1. The van der Waals surface area contributed by atoms with Gasteiger partial charge in [0.2, 0.25) is 11.7 Å². The van der Waals surface area contributed by atoms with E-state index in [4.69, 9.17) is 0 Å². The van der Waals surface area contributed by atoms with Gasteiger partial charge >= 0.3 is 18.0 Å². The molecule has 200 valence electrons. The molecular formula is C22H16F8N2O5. The molecule has 0 saturated heterocycles. The van der Waals surface area contributed by atoms with Crippen LogP contribution in [-0.2, 0) is 19.1 Å². The third-order valence-electron chi connectivity index (χ3n) is 5.49. The number of likely N-dealkylation sites (N-methyl/N-ethyl adjacent to an activating group) is 1. The van der Waals surface area contributed by atoms with Crippen LogP contribution in [0.25, 0.3) is 11.1 Å². The van der Waals surface area contributed by atoms with Crippen molar-refractivity contribution in [2.24, 2.45) is 0 Å². The summed E-state index contributed by atoms with van der Waals surface area (Å²) < 4.78 is 122. The first-order chi connectivity index (χ1) is 17.1. The normalized spacial score (nSPS) is 15.1. The molecule has 1 atom stereocenters. The Morgan fingerprint density at radius 2 is 1.57 bits per heavy atom. The predicted molar refractivity (Wildman–Crippen MR) is 108 cm³/mol. The van der Waals surface area contributed by atoms with Crippen LogP contribution in [0.3, 0.4) is 0 Å². The smallest absolute Gasteiger partial charge is 0.469 e. The summed E-state index contributed by atoms with van der Waals surface area (Å²) in [5, 5.41) is 0. The van der Waals surface area contributed by atoms with Gasteiger partial charge in [0, 0.05) is 25.2 Å². The van der Waals surface area contributed by atoms with Crippen molar-refractivity contribution in [1.82, 2.24) is 4.90 Å². The molecule has 7 nitrogen and oxygen atoms in total. The highest BCUT2D eigenvalue weighted by Gasteiger charge is 2.53. The number of nitrogens with zero attached hydrogens (tertiary/aromatic N) is 2. The summed E-state index contributed by atoms with van der Waals surface area (Å²) in [7, 11) is 2.25. The molecule has 0 aromatic heterocycles. The Hall–Kier alpha value is -3.91. The van der Waals surface area contributed by atoms with E-state index in [0.717, 1.165) is 26.0 Å². The maximum Gasteiger partial charge on any atom is 0.483 e. The second-order valence-electron chi connectivity index (χ2n) is 7.80. The van der Waals surface area contributed by atoms with Crippen LogP contribution in [0.5, 0.6) is 5.75 Å².